The molecule has 0 saturated carbocycles. The molecule has 8 heteroatoms. The number of amides is 1. The molecule has 3 rings (SSSR count). The van der Waals surface area contributed by atoms with Crippen molar-refractivity contribution in [2.45, 2.75) is 25.9 Å². The van der Waals surface area contributed by atoms with Crippen molar-refractivity contribution in [3.63, 3.8) is 0 Å². The number of nitrogens with one attached hydrogen (secondary N) is 1. The fraction of sp³-hybridized carbons (Fsp3) is 0.294. The van der Waals surface area contributed by atoms with Crippen molar-refractivity contribution < 1.29 is 9.72 Å². The second-order valence-electron chi connectivity index (χ2n) is 5.95. The first-order valence-corrected chi connectivity index (χ1v) is 8.66. The van der Waals surface area contributed by atoms with E-state index in [1.54, 1.807) is 6.07 Å². The summed E-state index contributed by atoms with van der Waals surface area (Å²) in [6.45, 7) is 2.99. The van der Waals surface area contributed by atoms with Gasteiger partial charge in [0.15, 0.2) is 0 Å². The molecule has 1 amide bonds. The average molecular weight is 405 g/mol. The summed E-state index contributed by atoms with van der Waals surface area (Å²) in [4.78, 5) is 29.2. The number of carbonyl (C=O) groups excluding carboxylic acids is 1. The van der Waals surface area contributed by atoms with Crippen LogP contribution in [0.3, 0.4) is 0 Å². The zero-order valence-electron chi connectivity index (χ0n) is 13.6. The van der Waals surface area contributed by atoms with Gasteiger partial charge < -0.3 is 5.32 Å². The minimum Gasteiger partial charge on any atom is -0.325 e. The van der Waals surface area contributed by atoms with Crippen LogP contribution in [0.15, 0.2) is 41.0 Å². The summed E-state index contributed by atoms with van der Waals surface area (Å²) in [5, 5.41) is 13.8. The third kappa shape index (κ3) is 4.02. The molecule has 0 radical (unpaired) electrons. The Kier molecular flexibility index (Phi) is 5.10. The maximum absolute atomic E-state index is 12.5. The van der Waals surface area contributed by atoms with Gasteiger partial charge >= 0.3 is 0 Å². The monoisotopic (exact) mass is 404 g/mol. The van der Waals surface area contributed by atoms with E-state index in [9.17, 15) is 14.9 Å². The van der Waals surface area contributed by atoms with Crippen LogP contribution in [-0.4, -0.2) is 33.3 Å². The first kappa shape index (κ1) is 17.5. The SMILES string of the molecule is CC(C(=O)Nc1cccc(Br)c1)N1CCc2ncc([N+](=O)[O-])cc2C1. The summed E-state index contributed by atoms with van der Waals surface area (Å²) in [7, 11) is 0. The van der Waals surface area contributed by atoms with Crippen LogP contribution in [0.25, 0.3) is 0 Å². The lowest BCUT2D eigenvalue weighted by Gasteiger charge is -2.32. The molecule has 1 N–H and O–H groups in total. The van der Waals surface area contributed by atoms with Gasteiger partial charge in [0.25, 0.3) is 5.69 Å². The average Bonchev–Trinajstić information content (AvgIpc) is 2.60. The van der Waals surface area contributed by atoms with Gasteiger partial charge in [0.2, 0.25) is 5.91 Å². The lowest BCUT2D eigenvalue weighted by Crippen LogP contribution is -2.44. The minimum atomic E-state index is -0.449. The van der Waals surface area contributed by atoms with Crippen molar-refractivity contribution in [1.29, 1.82) is 0 Å². The van der Waals surface area contributed by atoms with Crippen LogP contribution in [0.1, 0.15) is 18.2 Å². The van der Waals surface area contributed by atoms with Gasteiger partial charge in [-0.3, -0.25) is 24.8 Å². The number of nitro groups is 1. The molecule has 0 aliphatic carbocycles. The maximum Gasteiger partial charge on any atom is 0.287 e. The molecule has 25 heavy (non-hydrogen) atoms. The Morgan fingerprint density at radius 2 is 2.24 bits per heavy atom. The number of hydrogen-bond acceptors (Lipinski definition) is 5. The number of benzene rings is 1. The highest BCUT2D eigenvalue weighted by Crippen LogP contribution is 2.23. The first-order chi connectivity index (χ1) is 11.9. The topological polar surface area (TPSA) is 88.4 Å². The van der Waals surface area contributed by atoms with Crippen LogP contribution in [0.2, 0.25) is 0 Å². The Hall–Kier alpha value is -2.32. The van der Waals surface area contributed by atoms with E-state index in [0.717, 1.165) is 21.4 Å². The van der Waals surface area contributed by atoms with Crippen molar-refractivity contribution in [2.24, 2.45) is 0 Å². The highest BCUT2D eigenvalue weighted by atomic mass is 79.9. The van der Waals surface area contributed by atoms with Crippen LogP contribution in [0.5, 0.6) is 0 Å². The van der Waals surface area contributed by atoms with Crippen molar-refractivity contribution in [3.8, 4) is 0 Å². The molecule has 1 aliphatic rings. The molecule has 1 aromatic carbocycles. The fourth-order valence-corrected chi connectivity index (χ4v) is 3.24. The highest BCUT2D eigenvalue weighted by Gasteiger charge is 2.27. The number of carbonyl (C=O) groups is 1. The van der Waals surface area contributed by atoms with Gasteiger partial charge in [-0.1, -0.05) is 22.0 Å². The van der Waals surface area contributed by atoms with Crippen LogP contribution in [-0.2, 0) is 17.8 Å². The van der Waals surface area contributed by atoms with Crippen LogP contribution in [0, 0.1) is 10.1 Å². The quantitative estimate of drug-likeness (QED) is 0.624. The zero-order valence-corrected chi connectivity index (χ0v) is 15.2. The Morgan fingerprint density at radius 3 is 2.96 bits per heavy atom. The lowest BCUT2D eigenvalue weighted by molar-refractivity contribution is -0.385. The number of pyridine rings is 1. The molecule has 0 bridgehead atoms. The van der Waals surface area contributed by atoms with Crippen LogP contribution >= 0.6 is 15.9 Å². The number of hydrogen-bond donors (Lipinski definition) is 1. The standard InChI is InChI=1S/C17H17BrN4O3/c1-11(17(23)20-14-4-2-3-13(18)8-14)21-6-5-16-12(10-21)7-15(9-19-16)22(24)25/h2-4,7-9,11H,5-6,10H2,1H3,(H,20,23). The second kappa shape index (κ2) is 7.28. The smallest absolute Gasteiger partial charge is 0.287 e. The summed E-state index contributed by atoms with van der Waals surface area (Å²) in [6, 6.07) is 8.60. The normalized spacial score (nSPS) is 15.3. The van der Waals surface area contributed by atoms with Gasteiger partial charge in [0.05, 0.1) is 11.0 Å². The summed E-state index contributed by atoms with van der Waals surface area (Å²) < 4.78 is 0.892. The van der Waals surface area contributed by atoms with Crippen molar-refractivity contribution in [2.75, 3.05) is 11.9 Å². The molecule has 1 atom stereocenters. The largest absolute Gasteiger partial charge is 0.325 e. The predicted molar refractivity (Wildman–Crippen MR) is 97.2 cm³/mol. The molecule has 1 unspecified atom stereocenters. The van der Waals surface area contributed by atoms with E-state index in [4.69, 9.17) is 0 Å². The van der Waals surface area contributed by atoms with Crippen molar-refractivity contribution in [1.82, 2.24) is 9.88 Å². The molecule has 130 valence electrons. The summed E-state index contributed by atoms with van der Waals surface area (Å²) in [5.74, 6) is -0.111. The Balaban J connectivity index is 1.71. The van der Waals surface area contributed by atoms with Gasteiger partial charge in [-0.15, -0.1) is 0 Å². The maximum atomic E-state index is 12.5. The fourth-order valence-electron chi connectivity index (χ4n) is 2.84. The number of rotatable bonds is 4. The predicted octanol–water partition coefficient (Wildman–Crippen LogP) is 3.14. The van der Waals surface area contributed by atoms with E-state index < -0.39 is 4.92 Å². The molecule has 1 aromatic heterocycles. The third-order valence-corrected chi connectivity index (χ3v) is 4.78. The molecular formula is C17H17BrN4O3. The van der Waals surface area contributed by atoms with Crippen LogP contribution < -0.4 is 5.32 Å². The molecule has 2 heterocycles. The van der Waals surface area contributed by atoms with Gasteiger partial charge in [0, 0.05) is 41.4 Å². The van der Waals surface area contributed by atoms with Gasteiger partial charge in [0.1, 0.15) is 6.20 Å². The Morgan fingerprint density at radius 1 is 1.44 bits per heavy atom. The van der Waals surface area contributed by atoms with Gasteiger partial charge in [-0.25, -0.2) is 0 Å². The molecule has 0 fully saturated rings. The van der Waals surface area contributed by atoms with E-state index in [-0.39, 0.29) is 17.6 Å². The molecule has 7 nitrogen and oxygen atoms in total. The minimum absolute atomic E-state index is 0.0214. The molecule has 1 aliphatic heterocycles. The lowest BCUT2D eigenvalue weighted by atomic mass is 10.0. The number of fused-ring (bicyclic) bond motifs is 1. The van der Waals surface area contributed by atoms with E-state index in [2.05, 4.69) is 26.2 Å². The molecule has 0 saturated heterocycles. The first-order valence-electron chi connectivity index (χ1n) is 7.86. The molecule has 2 aromatic rings. The summed E-state index contributed by atoms with van der Waals surface area (Å²) in [6.07, 6.45) is 1.96. The number of halogens is 1. The second-order valence-corrected chi connectivity index (χ2v) is 6.87. The third-order valence-electron chi connectivity index (χ3n) is 4.28. The van der Waals surface area contributed by atoms with E-state index in [0.29, 0.717) is 19.5 Å². The highest BCUT2D eigenvalue weighted by molar-refractivity contribution is 9.10. The molecular weight excluding hydrogens is 388 g/mol. The summed E-state index contributed by atoms with van der Waals surface area (Å²) in [5.41, 5.74) is 2.37. The number of nitrogens with zero attached hydrogens (tertiary/aromatic N) is 3. The van der Waals surface area contributed by atoms with Gasteiger partial charge in [-0.05, 0) is 30.7 Å². The van der Waals surface area contributed by atoms with E-state index >= 15 is 0 Å². The van der Waals surface area contributed by atoms with E-state index in [1.165, 1.54) is 6.20 Å². The summed E-state index contributed by atoms with van der Waals surface area (Å²) >= 11 is 3.38. The Bertz CT molecular complexity index is 827. The van der Waals surface area contributed by atoms with E-state index in [1.807, 2.05) is 36.1 Å². The van der Waals surface area contributed by atoms with Crippen molar-refractivity contribution in [3.05, 3.63) is 62.4 Å². The number of anilines is 1. The van der Waals surface area contributed by atoms with Gasteiger partial charge in [-0.2, -0.15) is 0 Å². The molecule has 0 spiro atoms. The van der Waals surface area contributed by atoms with Crippen molar-refractivity contribution >= 4 is 33.2 Å². The van der Waals surface area contributed by atoms with Crippen LogP contribution in [0.4, 0.5) is 11.4 Å². The Labute approximate surface area is 153 Å². The zero-order chi connectivity index (χ0) is 18.0. The number of aromatic nitrogens is 1.